The number of hydrogen-bond acceptors (Lipinski definition) is 5. The number of Topliss-reactive ketones (excluding diaryl/α,β-unsaturated/α-hetero) is 1. The van der Waals surface area contributed by atoms with Crippen molar-refractivity contribution in [1.29, 1.82) is 0 Å². The normalized spacial score (nSPS) is 16.4. The van der Waals surface area contributed by atoms with Crippen molar-refractivity contribution in [3.8, 4) is 0 Å². The van der Waals surface area contributed by atoms with Crippen LogP contribution in [0.3, 0.4) is 0 Å². The van der Waals surface area contributed by atoms with Gasteiger partial charge in [-0.15, -0.1) is 0 Å². The Morgan fingerprint density at radius 3 is 2.80 bits per heavy atom. The van der Waals surface area contributed by atoms with Crippen LogP contribution in [0.1, 0.15) is 75.1 Å². The van der Waals surface area contributed by atoms with E-state index in [1.165, 1.54) is 12.8 Å². The molecule has 0 aromatic carbocycles. The topological polar surface area (TPSA) is 84.8 Å². The quantitative estimate of drug-likeness (QED) is 0.927. The first-order valence-electron chi connectivity index (χ1n) is 8.74. The van der Waals surface area contributed by atoms with Crippen LogP contribution in [0.2, 0.25) is 0 Å². The van der Waals surface area contributed by atoms with E-state index in [2.05, 4.69) is 20.3 Å². The van der Waals surface area contributed by atoms with Gasteiger partial charge in [-0.1, -0.05) is 0 Å². The van der Waals surface area contributed by atoms with Crippen molar-refractivity contribution in [2.75, 3.05) is 0 Å². The highest BCUT2D eigenvalue weighted by Crippen LogP contribution is 2.38. The summed E-state index contributed by atoms with van der Waals surface area (Å²) in [5.74, 6) is 0.447. The van der Waals surface area contributed by atoms with Crippen molar-refractivity contribution >= 4 is 11.7 Å². The summed E-state index contributed by atoms with van der Waals surface area (Å²) in [6, 6.07) is 1.79. The molecule has 2 heterocycles. The zero-order valence-corrected chi connectivity index (χ0v) is 14.2. The van der Waals surface area contributed by atoms with E-state index in [1.807, 2.05) is 6.92 Å². The Balaban J connectivity index is 1.46. The van der Waals surface area contributed by atoms with Crippen molar-refractivity contribution in [3.05, 3.63) is 52.4 Å². The fraction of sp³-hybridized carbons (Fsp3) is 0.421. The third-order valence-corrected chi connectivity index (χ3v) is 4.78. The maximum atomic E-state index is 12.5. The highest BCUT2D eigenvalue weighted by Gasteiger charge is 2.25. The second kappa shape index (κ2) is 6.35. The number of carbonyl (C=O) groups is 2. The average Bonchev–Trinajstić information content (AvgIpc) is 3.46. The Morgan fingerprint density at radius 2 is 2.08 bits per heavy atom. The number of nitrogens with one attached hydrogen (secondary N) is 1. The van der Waals surface area contributed by atoms with Crippen LogP contribution in [-0.4, -0.2) is 26.6 Å². The molecule has 0 saturated heterocycles. The van der Waals surface area contributed by atoms with Gasteiger partial charge in [-0.25, -0.2) is 4.98 Å². The molecule has 1 saturated carbocycles. The second-order valence-corrected chi connectivity index (χ2v) is 6.81. The lowest BCUT2D eigenvalue weighted by Gasteiger charge is -2.16. The average molecular weight is 336 g/mol. The number of pyridine rings is 1. The number of carbonyl (C=O) groups excluding carboxylic acids is 2. The maximum Gasteiger partial charge on any atom is 0.270 e. The second-order valence-electron chi connectivity index (χ2n) is 6.81. The molecule has 4 rings (SSSR count). The standard InChI is InChI=1S/C19H20N4O2/c1-11-7-14-15(3-2-4-17(14)24)23-18(11)19(25)22-9-13-8-21-16(10-20-13)12-5-6-12/h7-8,10,12H,2-6,9H2,1H3,(H,22,25). The van der Waals surface area contributed by atoms with Crippen LogP contribution >= 0.6 is 0 Å². The van der Waals surface area contributed by atoms with Gasteiger partial charge < -0.3 is 5.32 Å². The minimum atomic E-state index is -0.244. The van der Waals surface area contributed by atoms with E-state index in [9.17, 15) is 9.59 Å². The molecule has 2 aliphatic carbocycles. The molecule has 0 unspecified atom stereocenters. The van der Waals surface area contributed by atoms with E-state index in [1.54, 1.807) is 18.5 Å². The number of fused-ring (bicyclic) bond motifs is 1. The zero-order valence-electron chi connectivity index (χ0n) is 14.2. The van der Waals surface area contributed by atoms with Gasteiger partial charge in [-0.2, -0.15) is 0 Å². The fourth-order valence-electron chi connectivity index (χ4n) is 3.16. The van der Waals surface area contributed by atoms with Crippen LogP contribution in [0.5, 0.6) is 0 Å². The highest BCUT2D eigenvalue weighted by molar-refractivity contribution is 6.00. The molecule has 6 heteroatoms. The summed E-state index contributed by atoms with van der Waals surface area (Å²) in [6.45, 7) is 2.13. The third-order valence-electron chi connectivity index (χ3n) is 4.78. The lowest BCUT2D eigenvalue weighted by Crippen LogP contribution is -2.27. The molecular weight excluding hydrogens is 316 g/mol. The number of aromatic nitrogens is 3. The van der Waals surface area contributed by atoms with Crippen LogP contribution in [0.4, 0.5) is 0 Å². The predicted octanol–water partition coefficient (Wildman–Crippen LogP) is 2.51. The maximum absolute atomic E-state index is 12.5. The number of ketones is 1. The Kier molecular flexibility index (Phi) is 4.03. The molecule has 0 radical (unpaired) electrons. The summed E-state index contributed by atoms with van der Waals surface area (Å²) in [5.41, 5.74) is 4.27. The van der Waals surface area contributed by atoms with Crippen LogP contribution in [0, 0.1) is 6.92 Å². The summed E-state index contributed by atoms with van der Waals surface area (Å²) in [4.78, 5) is 37.7. The smallest absolute Gasteiger partial charge is 0.270 e. The third kappa shape index (κ3) is 3.29. The first-order valence-corrected chi connectivity index (χ1v) is 8.74. The van der Waals surface area contributed by atoms with E-state index >= 15 is 0 Å². The Hall–Kier alpha value is -2.63. The summed E-state index contributed by atoms with van der Waals surface area (Å²) < 4.78 is 0. The molecule has 6 nitrogen and oxygen atoms in total. The molecule has 2 aliphatic rings. The zero-order chi connectivity index (χ0) is 17.4. The van der Waals surface area contributed by atoms with E-state index in [0.29, 0.717) is 30.1 Å². The Labute approximate surface area is 146 Å². The van der Waals surface area contributed by atoms with Gasteiger partial charge in [0.2, 0.25) is 0 Å². The van der Waals surface area contributed by atoms with E-state index in [0.717, 1.165) is 35.5 Å². The van der Waals surface area contributed by atoms with E-state index < -0.39 is 0 Å². The van der Waals surface area contributed by atoms with Crippen molar-refractivity contribution < 1.29 is 9.59 Å². The predicted molar refractivity (Wildman–Crippen MR) is 91.4 cm³/mol. The molecule has 0 aliphatic heterocycles. The van der Waals surface area contributed by atoms with Gasteiger partial charge in [0, 0.05) is 24.1 Å². The van der Waals surface area contributed by atoms with E-state index in [-0.39, 0.29) is 11.7 Å². The first-order chi connectivity index (χ1) is 12.1. The van der Waals surface area contributed by atoms with Gasteiger partial charge in [-0.3, -0.25) is 19.6 Å². The summed E-state index contributed by atoms with van der Waals surface area (Å²) >= 11 is 0. The number of aryl methyl sites for hydroxylation is 2. The van der Waals surface area contributed by atoms with Gasteiger partial charge in [0.05, 0.1) is 29.8 Å². The van der Waals surface area contributed by atoms with Gasteiger partial charge in [0.25, 0.3) is 5.91 Å². The van der Waals surface area contributed by atoms with Gasteiger partial charge in [-0.05, 0) is 44.2 Å². The van der Waals surface area contributed by atoms with Crippen molar-refractivity contribution in [2.45, 2.75) is 51.5 Å². The van der Waals surface area contributed by atoms with Crippen LogP contribution in [-0.2, 0) is 13.0 Å². The molecular formula is C19H20N4O2. The lowest BCUT2D eigenvalue weighted by molar-refractivity contribution is 0.0937. The van der Waals surface area contributed by atoms with Crippen LogP contribution in [0.25, 0.3) is 0 Å². The highest BCUT2D eigenvalue weighted by atomic mass is 16.2. The molecule has 1 N–H and O–H groups in total. The molecule has 25 heavy (non-hydrogen) atoms. The molecule has 0 atom stereocenters. The molecule has 2 aromatic heterocycles. The summed E-state index contributed by atoms with van der Waals surface area (Å²) in [6.07, 6.45) is 8.01. The van der Waals surface area contributed by atoms with Gasteiger partial charge >= 0.3 is 0 Å². The molecule has 2 aromatic rings. The molecule has 1 fully saturated rings. The number of amides is 1. The van der Waals surface area contributed by atoms with Crippen LogP contribution in [0.15, 0.2) is 18.5 Å². The number of rotatable bonds is 4. The number of nitrogens with zero attached hydrogens (tertiary/aromatic N) is 3. The summed E-state index contributed by atoms with van der Waals surface area (Å²) in [5, 5.41) is 2.85. The minimum absolute atomic E-state index is 0.120. The largest absolute Gasteiger partial charge is 0.345 e. The van der Waals surface area contributed by atoms with Crippen LogP contribution < -0.4 is 5.32 Å². The molecule has 0 bridgehead atoms. The SMILES string of the molecule is Cc1cc2c(nc1C(=O)NCc1cnc(C3CC3)cn1)CCCC2=O. The molecule has 0 spiro atoms. The number of hydrogen-bond donors (Lipinski definition) is 1. The first kappa shape index (κ1) is 15.9. The lowest BCUT2D eigenvalue weighted by atomic mass is 9.93. The Bertz CT molecular complexity index is 841. The van der Waals surface area contributed by atoms with Crippen molar-refractivity contribution in [2.24, 2.45) is 0 Å². The van der Waals surface area contributed by atoms with Crippen molar-refractivity contribution in [3.63, 3.8) is 0 Å². The minimum Gasteiger partial charge on any atom is -0.345 e. The van der Waals surface area contributed by atoms with E-state index in [4.69, 9.17) is 0 Å². The Morgan fingerprint density at radius 1 is 1.24 bits per heavy atom. The molecule has 1 amide bonds. The summed E-state index contributed by atoms with van der Waals surface area (Å²) in [7, 11) is 0. The monoisotopic (exact) mass is 336 g/mol. The molecule has 128 valence electrons. The fourth-order valence-corrected chi connectivity index (χ4v) is 3.16. The van der Waals surface area contributed by atoms with Crippen molar-refractivity contribution in [1.82, 2.24) is 20.3 Å². The van der Waals surface area contributed by atoms with Gasteiger partial charge in [0.1, 0.15) is 5.69 Å². The van der Waals surface area contributed by atoms with Gasteiger partial charge in [0.15, 0.2) is 5.78 Å².